The highest BCUT2D eigenvalue weighted by Crippen LogP contribution is 2.19. The van der Waals surface area contributed by atoms with Gasteiger partial charge in [0.1, 0.15) is 6.61 Å². The Morgan fingerprint density at radius 2 is 1.88 bits per heavy atom. The van der Waals surface area contributed by atoms with Crippen LogP contribution in [0.5, 0.6) is 0 Å². The zero-order valence-corrected chi connectivity index (χ0v) is 15.9. The van der Waals surface area contributed by atoms with E-state index in [1.165, 1.54) is 0 Å². The van der Waals surface area contributed by atoms with Gasteiger partial charge in [0.05, 0.1) is 6.61 Å². The molecule has 25 heavy (non-hydrogen) atoms. The SMILES string of the molecule is CN=C(NCc1cccc(COCC(F)(F)F)c1)NCC(C)(C)SC. The first-order chi connectivity index (χ1) is 11.6. The van der Waals surface area contributed by atoms with Gasteiger partial charge in [0.25, 0.3) is 0 Å². The fourth-order valence-electron chi connectivity index (χ4n) is 1.89. The second-order valence-electron chi connectivity index (χ2n) is 6.17. The summed E-state index contributed by atoms with van der Waals surface area (Å²) in [4.78, 5) is 4.18. The topological polar surface area (TPSA) is 45.7 Å². The second-order valence-corrected chi connectivity index (χ2v) is 7.68. The summed E-state index contributed by atoms with van der Waals surface area (Å²) in [6.45, 7) is 4.26. The van der Waals surface area contributed by atoms with E-state index < -0.39 is 12.8 Å². The second kappa shape index (κ2) is 9.91. The molecule has 0 aliphatic carbocycles. The number of aliphatic imine (C=N–C) groups is 1. The molecule has 0 atom stereocenters. The maximum absolute atomic E-state index is 12.1. The van der Waals surface area contributed by atoms with Gasteiger partial charge in [0, 0.05) is 24.9 Å². The average Bonchev–Trinajstić information content (AvgIpc) is 2.54. The van der Waals surface area contributed by atoms with Crippen LogP contribution in [-0.2, 0) is 17.9 Å². The van der Waals surface area contributed by atoms with Gasteiger partial charge in [-0.3, -0.25) is 4.99 Å². The number of halogens is 3. The molecule has 0 aliphatic rings. The number of hydrogen-bond acceptors (Lipinski definition) is 3. The minimum Gasteiger partial charge on any atom is -0.367 e. The standard InChI is InChI=1S/C17H26F3N3OS/c1-16(2,25-4)11-23-15(21-3)22-9-13-6-5-7-14(8-13)10-24-12-17(18,19)20/h5-8H,9-12H2,1-4H3,(H2,21,22,23). The number of thioether (sulfide) groups is 1. The molecule has 1 aromatic rings. The lowest BCUT2D eigenvalue weighted by atomic mass is 10.1. The van der Waals surface area contributed by atoms with Crippen molar-refractivity contribution in [2.24, 2.45) is 4.99 Å². The van der Waals surface area contributed by atoms with Crippen LogP contribution < -0.4 is 10.6 Å². The number of guanidine groups is 1. The Morgan fingerprint density at radius 3 is 2.48 bits per heavy atom. The van der Waals surface area contributed by atoms with Crippen molar-refractivity contribution in [3.05, 3.63) is 35.4 Å². The van der Waals surface area contributed by atoms with E-state index in [4.69, 9.17) is 4.74 Å². The first-order valence-corrected chi connectivity index (χ1v) is 9.09. The first-order valence-electron chi connectivity index (χ1n) is 7.87. The number of ether oxygens (including phenoxy) is 1. The van der Waals surface area contributed by atoms with Crippen LogP contribution in [-0.4, -0.2) is 43.3 Å². The zero-order valence-electron chi connectivity index (χ0n) is 15.0. The Bertz CT molecular complexity index is 562. The van der Waals surface area contributed by atoms with Crippen molar-refractivity contribution in [2.45, 2.75) is 37.9 Å². The van der Waals surface area contributed by atoms with Crippen molar-refractivity contribution >= 4 is 17.7 Å². The van der Waals surface area contributed by atoms with Crippen LogP contribution in [0.15, 0.2) is 29.3 Å². The third-order valence-electron chi connectivity index (χ3n) is 3.44. The smallest absolute Gasteiger partial charge is 0.367 e. The van der Waals surface area contributed by atoms with Crippen molar-refractivity contribution in [3.63, 3.8) is 0 Å². The highest BCUT2D eigenvalue weighted by atomic mass is 32.2. The molecule has 0 bridgehead atoms. The molecule has 4 nitrogen and oxygen atoms in total. The number of alkyl halides is 3. The van der Waals surface area contributed by atoms with Crippen LogP contribution in [0, 0.1) is 0 Å². The van der Waals surface area contributed by atoms with E-state index >= 15 is 0 Å². The molecule has 0 unspecified atom stereocenters. The predicted molar refractivity (Wildman–Crippen MR) is 97.9 cm³/mol. The minimum absolute atomic E-state index is 0.0672. The van der Waals surface area contributed by atoms with E-state index in [0.29, 0.717) is 18.1 Å². The van der Waals surface area contributed by atoms with E-state index in [-0.39, 0.29) is 11.4 Å². The molecule has 0 spiro atoms. The van der Waals surface area contributed by atoms with Crippen LogP contribution in [0.2, 0.25) is 0 Å². The molecular weight excluding hydrogens is 351 g/mol. The maximum Gasteiger partial charge on any atom is 0.411 e. The van der Waals surface area contributed by atoms with Crippen LogP contribution in [0.3, 0.4) is 0 Å². The lowest BCUT2D eigenvalue weighted by molar-refractivity contribution is -0.176. The lowest BCUT2D eigenvalue weighted by Gasteiger charge is -2.23. The Kier molecular flexibility index (Phi) is 8.58. The monoisotopic (exact) mass is 377 g/mol. The molecular formula is C17H26F3N3OS. The maximum atomic E-state index is 12.1. The van der Waals surface area contributed by atoms with E-state index in [2.05, 4.69) is 35.7 Å². The molecule has 142 valence electrons. The van der Waals surface area contributed by atoms with Crippen molar-refractivity contribution in [2.75, 3.05) is 26.5 Å². The summed E-state index contributed by atoms with van der Waals surface area (Å²) in [5.41, 5.74) is 1.65. The molecule has 0 radical (unpaired) electrons. The largest absolute Gasteiger partial charge is 0.411 e. The molecule has 0 fully saturated rings. The van der Waals surface area contributed by atoms with Crippen LogP contribution in [0.1, 0.15) is 25.0 Å². The van der Waals surface area contributed by atoms with E-state index in [9.17, 15) is 13.2 Å². The van der Waals surface area contributed by atoms with Crippen molar-refractivity contribution in [1.29, 1.82) is 0 Å². The molecule has 1 rings (SSSR count). The highest BCUT2D eigenvalue weighted by Gasteiger charge is 2.27. The molecule has 1 aromatic carbocycles. The highest BCUT2D eigenvalue weighted by molar-refractivity contribution is 7.99. The minimum atomic E-state index is -4.30. The van der Waals surface area contributed by atoms with Gasteiger partial charge in [-0.25, -0.2) is 0 Å². The van der Waals surface area contributed by atoms with Crippen LogP contribution >= 0.6 is 11.8 Å². The Hall–Kier alpha value is -1.41. The Morgan fingerprint density at radius 1 is 1.20 bits per heavy atom. The average molecular weight is 377 g/mol. The molecule has 0 heterocycles. The summed E-state index contributed by atoms with van der Waals surface area (Å²) in [7, 11) is 1.70. The van der Waals surface area contributed by atoms with Gasteiger partial charge >= 0.3 is 6.18 Å². The third-order valence-corrected chi connectivity index (χ3v) is 4.69. The van der Waals surface area contributed by atoms with Gasteiger partial charge in [-0.05, 0) is 31.2 Å². The van der Waals surface area contributed by atoms with Crippen molar-refractivity contribution in [1.82, 2.24) is 10.6 Å². The number of benzene rings is 1. The van der Waals surface area contributed by atoms with Crippen LogP contribution in [0.4, 0.5) is 13.2 Å². The summed E-state index contributed by atoms with van der Waals surface area (Å²) >= 11 is 1.77. The summed E-state index contributed by atoms with van der Waals surface area (Å²) in [6, 6.07) is 7.27. The molecule has 0 saturated heterocycles. The fraction of sp³-hybridized carbons (Fsp3) is 0.588. The van der Waals surface area contributed by atoms with E-state index in [0.717, 1.165) is 12.1 Å². The van der Waals surface area contributed by atoms with E-state index in [1.807, 2.05) is 12.1 Å². The van der Waals surface area contributed by atoms with Crippen molar-refractivity contribution in [3.8, 4) is 0 Å². The van der Waals surface area contributed by atoms with E-state index in [1.54, 1.807) is 30.9 Å². The van der Waals surface area contributed by atoms with Gasteiger partial charge in [-0.1, -0.05) is 24.3 Å². The summed E-state index contributed by atoms with van der Waals surface area (Å²) in [5.74, 6) is 0.681. The van der Waals surface area contributed by atoms with Gasteiger partial charge in [-0.15, -0.1) is 0 Å². The molecule has 0 aromatic heterocycles. The molecule has 0 saturated carbocycles. The molecule has 0 amide bonds. The zero-order chi connectivity index (χ0) is 18.9. The summed E-state index contributed by atoms with van der Waals surface area (Å²) in [6.07, 6.45) is -2.24. The lowest BCUT2D eigenvalue weighted by Crippen LogP contribution is -2.42. The van der Waals surface area contributed by atoms with Gasteiger partial charge < -0.3 is 15.4 Å². The van der Waals surface area contributed by atoms with Crippen molar-refractivity contribution < 1.29 is 17.9 Å². The quantitative estimate of drug-likeness (QED) is 0.537. The summed E-state index contributed by atoms with van der Waals surface area (Å²) in [5, 5.41) is 6.46. The Balaban J connectivity index is 2.49. The first kappa shape index (κ1) is 21.6. The number of rotatable bonds is 8. The number of nitrogens with one attached hydrogen (secondary N) is 2. The normalized spacial score (nSPS) is 13.0. The van der Waals surface area contributed by atoms with Gasteiger partial charge in [0.15, 0.2) is 5.96 Å². The fourth-order valence-corrected chi connectivity index (χ4v) is 2.11. The molecule has 2 N–H and O–H groups in total. The Labute approximate surface area is 151 Å². The third kappa shape index (κ3) is 9.60. The molecule has 0 aliphatic heterocycles. The number of nitrogens with zero attached hydrogens (tertiary/aromatic N) is 1. The van der Waals surface area contributed by atoms with Gasteiger partial charge in [-0.2, -0.15) is 24.9 Å². The van der Waals surface area contributed by atoms with Gasteiger partial charge in [0.2, 0.25) is 0 Å². The molecule has 8 heteroatoms. The van der Waals surface area contributed by atoms with Crippen LogP contribution in [0.25, 0.3) is 0 Å². The number of hydrogen-bond donors (Lipinski definition) is 2. The summed E-state index contributed by atoms with van der Waals surface area (Å²) < 4.78 is 41.1. The predicted octanol–water partition coefficient (Wildman–Crippen LogP) is 3.57.